The number of nitrogens with zero attached hydrogens (tertiary/aromatic N) is 1. The van der Waals surface area contributed by atoms with E-state index in [0.717, 1.165) is 32.7 Å². The first-order valence-electron chi connectivity index (χ1n) is 4.63. The van der Waals surface area contributed by atoms with Gasteiger partial charge in [0.05, 0.1) is 12.0 Å². The van der Waals surface area contributed by atoms with Crippen LogP contribution in [0.5, 0.6) is 0 Å². The second-order valence-corrected chi connectivity index (χ2v) is 4.36. The third-order valence-electron chi connectivity index (χ3n) is 1.84. The molecule has 0 unspecified atom stereocenters. The minimum Gasteiger partial charge on any atom is -0.395 e. The quantitative estimate of drug-likeness (QED) is 0.541. The Morgan fingerprint density at radius 1 is 1.40 bits per heavy atom. The first-order chi connectivity index (χ1) is 6.99. The number of hydrogen-bond donors (Lipinski definition) is 3. The van der Waals surface area contributed by atoms with Crippen molar-refractivity contribution in [1.82, 2.24) is 10.2 Å². The fraction of sp³-hybridized carbons (Fsp3) is 0.750. The van der Waals surface area contributed by atoms with E-state index in [1.807, 2.05) is 0 Å². The topological polar surface area (TPSA) is 89.9 Å². The Labute approximate surface area is 90.3 Å². The second kappa shape index (κ2) is 7.77. The van der Waals surface area contributed by atoms with E-state index >= 15 is 0 Å². The molecule has 6 nitrogen and oxygen atoms in total. The lowest BCUT2D eigenvalue weighted by Gasteiger charge is -2.25. The minimum atomic E-state index is -3.90. The summed E-state index contributed by atoms with van der Waals surface area (Å²) in [5.74, 6) is 0. The van der Waals surface area contributed by atoms with Gasteiger partial charge in [-0.2, -0.15) is 8.42 Å². The molecule has 15 heavy (non-hydrogen) atoms. The summed E-state index contributed by atoms with van der Waals surface area (Å²) in [6.45, 7) is 8.23. The SMILES string of the molecule is C=CS(=O)(=O)O.OCCN1CCNCC1. The summed E-state index contributed by atoms with van der Waals surface area (Å²) in [5, 5.41) is 12.3. The molecule has 0 saturated carbocycles. The number of nitrogens with one attached hydrogen (secondary N) is 1. The predicted octanol–water partition coefficient (Wildman–Crippen LogP) is -1.10. The van der Waals surface area contributed by atoms with Gasteiger partial charge in [-0.15, -0.1) is 0 Å². The van der Waals surface area contributed by atoms with Crippen LogP contribution in [0.1, 0.15) is 0 Å². The molecule has 1 heterocycles. The van der Waals surface area contributed by atoms with E-state index in [9.17, 15) is 8.42 Å². The molecular weight excluding hydrogens is 220 g/mol. The molecule has 0 aliphatic carbocycles. The van der Waals surface area contributed by atoms with Crippen molar-refractivity contribution in [3.63, 3.8) is 0 Å². The maximum Gasteiger partial charge on any atom is 0.287 e. The number of piperazine rings is 1. The number of aliphatic hydroxyl groups excluding tert-OH is 1. The summed E-state index contributed by atoms with van der Waals surface area (Å²) in [7, 11) is -3.90. The van der Waals surface area contributed by atoms with Gasteiger partial charge in [0.1, 0.15) is 0 Å². The molecule has 7 heteroatoms. The molecule has 1 saturated heterocycles. The van der Waals surface area contributed by atoms with E-state index in [1.54, 1.807) is 0 Å². The zero-order valence-corrected chi connectivity index (χ0v) is 9.41. The maximum atomic E-state index is 9.44. The number of β-amino-alcohol motifs (C(OH)–C–C–N with tert-alkyl or cyclic N) is 1. The van der Waals surface area contributed by atoms with Crippen molar-refractivity contribution in [2.75, 3.05) is 39.3 Å². The van der Waals surface area contributed by atoms with Crippen molar-refractivity contribution in [3.8, 4) is 0 Å². The van der Waals surface area contributed by atoms with Gasteiger partial charge in [-0.25, -0.2) is 0 Å². The van der Waals surface area contributed by atoms with E-state index in [1.165, 1.54) is 0 Å². The molecule has 0 radical (unpaired) electrons. The van der Waals surface area contributed by atoms with Crippen LogP contribution in [0.25, 0.3) is 0 Å². The first-order valence-corrected chi connectivity index (χ1v) is 6.14. The van der Waals surface area contributed by atoms with E-state index in [-0.39, 0.29) is 0 Å². The molecule has 1 fully saturated rings. The van der Waals surface area contributed by atoms with Gasteiger partial charge in [0.15, 0.2) is 0 Å². The standard InChI is InChI=1S/C6H14N2O.C2H4O3S/c9-6-5-8-3-1-7-2-4-8;1-2-6(3,4)5/h7,9H,1-6H2;2H,1H2,(H,3,4,5). The van der Waals surface area contributed by atoms with Gasteiger partial charge in [0.2, 0.25) is 0 Å². The van der Waals surface area contributed by atoms with Gasteiger partial charge in [-0.3, -0.25) is 9.45 Å². The third kappa shape index (κ3) is 9.83. The highest BCUT2D eigenvalue weighted by Crippen LogP contribution is 1.88. The highest BCUT2D eigenvalue weighted by atomic mass is 32.2. The summed E-state index contributed by atoms with van der Waals surface area (Å²) < 4.78 is 26.6. The van der Waals surface area contributed by atoms with Gasteiger partial charge >= 0.3 is 0 Å². The van der Waals surface area contributed by atoms with Crippen molar-refractivity contribution in [2.45, 2.75) is 0 Å². The molecule has 1 aliphatic heterocycles. The van der Waals surface area contributed by atoms with Crippen LogP contribution in [0.4, 0.5) is 0 Å². The molecule has 90 valence electrons. The molecule has 1 rings (SSSR count). The van der Waals surface area contributed by atoms with E-state index in [2.05, 4.69) is 16.8 Å². The second-order valence-electron chi connectivity index (χ2n) is 3.00. The summed E-state index contributed by atoms with van der Waals surface area (Å²) in [5.41, 5.74) is 0. The van der Waals surface area contributed by atoms with Crippen LogP contribution in [-0.2, 0) is 10.1 Å². The third-order valence-corrected chi connectivity index (χ3v) is 2.26. The number of hydrogen-bond acceptors (Lipinski definition) is 5. The van der Waals surface area contributed by atoms with Gasteiger partial charge in [0.25, 0.3) is 10.1 Å². The molecule has 0 aromatic carbocycles. The molecule has 3 N–H and O–H groups in total. The van der Waals surface area contributed by atoms with Gasteiger partial charge in [-0.1, -0.05) is 6.58 Å². The Morgan fingerprint density at radius 2 is 1.87 bits per heavy atom. The van der Waals surface area contributed by atoms with Gasteiger partial charge in [0, 0.05) is 32.7 Å². The predicted molar refractivity (Wildman–Crippen MR) is 58.1 cm³/mol. The van der Waals surface area contributed by atoms with Crippen molar-refractivity contribution < 1.29 is 18.1 Å². The average Bonchev–Trinajstić information content (AvgIpc) is 2.20. The van der Waals surface area contributed by atoms with Crippen molar-refractivity contribution in [2.24, 2.45) is 0 Å². The van der Waals surface area contributed by atoms with Crippen molar-refractivity contribution >= 4 is 10.1 Å². The zero-order chi connectivity index (χ0) is 11.7. The average molecular weight is 238 g/mol. The highest BCUT2D eigenvalue weighted by molar-refractivity contribution is 7.88. The van der Waals surface area contributed by atoms with Crippen LogP contribution >= 0.6 is 0 Å². The largest absolute Gasteiger partial charge is 0.395 e. The fourth-order valence-electron chi connectivity index (χ4n) is 1.08. The van der Waals surface area contributed by atoms with Crippen LogP contribution in [0.3, 0.4) is 0 Å². The Morgan fingerprint density at radius 3 is 2.20 bits per heavy atom. The van der Waals surface area contributed by atoms with E-state index in [4.69, 9.17) is 9.66 Å². The Balaban J connectivity index is 0.000000288. The minimum absolute atomic E-state index is 0.292. The number of aliphatic hydroxyl groups is 1. The summed E-state index contributed by atoms with van der Waals surface area (Å²) in [6, 6.07) is 0. The molecular formula is C8H18N2O4S. The molecule has 0 aromatic heterocycles. The molecule has 0 atom stereocenters. The molecule has 0 bridgehead atoms. The van der Waals surface area contributed by atoms with Crippen molar-refractivity contribution in [1.29, 1.82) is 0 Å². The van der Waals surface area contributed by atoms with Crippen LogP contribution in [0.2, 0.25) is 0 Å². The van der Waals surface area contributed by atoms with Crippen LogP contribution in [0.15, 0.2) is 12.0 Å². The zero-order valence-electron chi connectivity index (χ0n) is 8.59. The highest BCUT2D eigenvalue weighted by Gasteiger charge is 2.06. The van der Waals surface area contributed by atoms with Crippen LogP contribution < -0.4 is 5.32 Å². The summed E-state index contributed by atoms with van der Waals surface area (Å²) >= 11 is 0. The summed E-state index contributed by atoms with van der Waals surface area (Å²) in [6.07, 6.45) is 0. The lowest BCUT2D eigenvalue weighted by atomic mass is 10.4. The van der Waals surface area contributed by atoms with Gasteiger partial charge in [-0.05, 0) is 0 Å². The summed E-state index contributed by atoms with van der Waals surface area (Å²) in [4.78, 5) is 2.26. The van der Waals surface area contributed by atoms with Crippen LogP contribution in [-0.4, -0.2) is 62.3 Å². The van der Waals surface area contributed by atoms with E-state index in [0.29, 0.717) is 12.0 Å². The lowest BCUT2D eigenvalue weighted by Crippen LogP contribution is -2.44. The fourth-order valence-corrected chi connectivity index (χ4v) is 1.08. The monoisotopic (exact) mass is 238 g/mol. The van der Waals surface area contributed by atoms with E-state index < -0.39 is 10.1 Å². The number of rotatable bonds is 3. The van der Waals surface area contributed by atoms with Crippen LogP contribution in [0, 0.1) is 0 Å². The van der Waals surface area contributed by atoms with Crippen molar-refractivity contribution in [3.05, 3.63) is 12.0 Å². The van der Waals surface area contributed by atoms with Gasteiger partial charge < -0.3 is 10.4 Å². The Kier molecular flexibility index (Phi) is 7.53. The Hall–Kier alpha value is -0.470. The first kappa shape index (κ1) is 14.5. The lowest BCUT2D eigenvalue weighted by molar-refractivity contribution is 0.180. The molecule has 0 spiro atoms. The smallest absolute Gasteiger partial charge is 0.287 e. The molecule has 0 aromatic rings. The molecule has 0 amide bonds. The Bertz CT molecular complexity index is 245. The maximum absolute atomic E-state index is 9.44. The normalized spacial score (nSPS) is 17.7. The molecule has 1 aliphatic rings.